The van der Waals surface area contributed by atoms with E-state index in [4.69, 9.17) is 0 Å². The molecule has 0 fully saturated rings. The zero-order chi connectivity index (χ0) is 15.1. The van der Waals surface area contributed by atoms with Gasteiger partial charge in [-0.3, -0.25) is 9.69 Å². The summed E-state index contributed by atoms with van der Waals surface area (Å²) in [5.41, 5.74) is 1.10. The predicted molar refractivity (Wildman–Crippen MR) is 89.1 cm³/mol. The number of carbonyl (C=O) groups is 1. The smallest absolute Gasteiger partial charge is 0.137 e. The summed E-state index contributed by atoms with van der Waals surface area (Å²) in [6, 6.07) is 9.07. The fraction of sp³-hybridized carbons (Fsp3) is 0.588. The summed E-state index contributed by atoms with van der Waals surface area (Å²) in [6.07, 6.45) is 2.17. The minimum atomic E-state index is 0.333. The molecule has 1 rings (SSSR count). The molecule has 0 aliphatic heterocycles. The number of hydrogen-bond acceptors (Lipinski definition) is 2. The maximum absolute atomic E-state index is 12.0. The average Bonchev–Trinajstić information content (AvgIpc) is 2.36. The summed E-state index contributed by atoms with van der Waals surface area (Å²) in [4.78, 5) is 14.4. The molecule has 0 aliphatic rings. The standard InChI is InChI=1S/C17H26BrNO/c1-13(2)19(14(3)4)11-5-6-17(20)12-15-7-9-16(18)10-8-15/h7-10,13-14H,5-6,11-12H2,1-4H3. The van der Waals surface area contributed by atoms with Crippen molar-refractivity contribution >= 4 is 21.7 Å². The zero-order valence-corrected chi connectivity index (χ0v) is 14.6. The molecule has 2 nitrogen and oxygen atoms in total. The van der Waals surface area contributed by atoms with Gasteiger partial charge in [0.25, 0.3) is 0 Å². The van der Waals surface area contributed by atoms with Gasteiger partial charge >= 0.3 is 0 Å². The number of nitrogens with zero attached hydrogens (tertiary/aromatic N) is 1. The average molecular weight is 340 g/mol. The number of carbonyl (C=O) groups excluding carboxylic acids is 1. The quantitative estimate of drug-likeness (QED) is 0.696. The van der Waals surface area contributed by atoms with E-state index in [2.05, 4.69) is 48.5 Å². The van der Waals surface area contributed by atoms with Crippen LogP contribution in [0.1, 0.15) is 46.1 Å². The van der Waals surface area contributed by atoms with Crippen LogP contribution in [0, 0.1) is 0 Å². The predicted octanol–water partition coefficient (Wildman–Crippen LogP) is 4.46. The minimum absolute atomic E-state index is 0.333. The van der Waals surface area contributed by atoms with Crippen molar-refractivity contribution in [2.45, 2.75) is 59.0 Å². The molecule has 0 amide bonds. The number of rotatable bonds is 8. The highest BCUT2D eigenvalue weighted by Crippen LogP contribution is 2.12. The molecule has 3 heteroatoms. The van der Waals surface area contributed by atoms with Crippen LogP contribution in [0.3, 0.4) is 0 Å². The van der Waals surface area contributed by atoms with E-state index >= 15 is 0 Å². The molecular weight excluding hydrogens is 314 g/mol. The molecule has 0 unspecified atom stereocenters. The SMILES string of the molecule is CC(C)N(CCCC(=O)Cc1ccc(Br)cc1)C(C)C. The molecule has 0 radical (unpaired) electrons. The summed E-state index contributed by atoms with van der Waals surface area (Å²) in [5.74, 6) is 0.333. The van der Waals surface area contributed by atoms with Crippen LogP contribution >= 0.6 is 15.9 Å². The van der Waals surface area contributed by atoms with Crippen LogP contribution < -0.4 is 0 Å². The molecule has 1 aromatic rings. The van der Waals surface area contributed by atoms with E-state index in [9.17, 15) is 4.79 Å². The molecule has 0 aliphatic carbocycles. The van der Waals surface area contributed by atoms with Gasteiger partial charge in [0.2, 0.25) is 0 Å². The van der Waals surface area contributed by atoms with Gasteiger partial charge in [-0.1, -0.05) is 28.1 Å². The Kier molecular flexibility index (Phi) is 7.46. The van der Waals surface area contributed by atoms with Crippen LogP contribution in [0.2, 0.25) is 0 Å². The molecule has 20 heavy (non-hydrogen) atoms. The first-order valence-corrected chi connectivity index (χ1v) is 8.21. The Hall–Kier alpha value is -0.670. The van der Waals surface area contributed by atoms with E-state index in [-0.39, 0.29) is 0 Å². The van der Waals surface area contributed by atoms with Gasteiger partial charge in [0.1, 0.15) is 5.78 Å². The largest absolute Gasteiger partial charge is 0.299 e. The van der Waals surface area contributed by atoms with Crippen molar-refractivity contribution in [3.63, 3.8) is 0 Å². The summed E-state index contributed by atoms with van der Waals surface area (Å²) >= 11 is 3.41. The minimum Gasteiger partial charge on any atom is -0.299 e. The molecule has 0 bridgehead atoms. The maximum atomic E-state index is 12.0. The van der Waals surface area contributed by atoms with Crippen LogP contribution in [0.4, 0.5) is 0 Å². The van der Waals surface area contributed by atoms with Crippen LogP contribution in [-0.2, 0) is 11.2 Å². The first-order chi connectivity index (χ1) is 9.40. The van der Waals surface area contributed by atoms with E-state index in [1.54, 1.807) is 0 Å². The normalized spacial score (nSPS) is 11.6. The molecule has 0 saturated heterocycles. The fourth-order valence-corrected chi connectivity index (χ4v) is 2.75. The Morgan fingerprint density at radius 1 is 1.10 bits per heavy atom. The van der Waals surface area contributed by atoms with E-state index in [0.717, 1.165) is 23.0 Å². The Bertz CT molecular complexity index is 404. The fourth-order valence-electron chi connectivity index (χ4n) is 2.49. The van der Waals surface area contributed by atoms with E-state index < -0.39 is 0 Å². The third kappa shape index (κ3) is 6.19. The Labute approximate surface area is 131 Å². The van der Waals surface area contributed by atoms with E-state index in [1.165, 1.54) is 0 Å². The van der Waals surface area contributed by atoms with Gasteiger partial charge in [0.05, 0.1) is 0 Å². The topological polar surface area (TPSA) is 20.3 Å². The summed E-state index contributed by atoms with van der Waals surface area (Å²) in [7, 11) is 0. The van der Waals surface area contributed by atoms with Crippen molar-refractivity contribution < 1.29 is 4.79 Å². The molecule has 0 atom stereocenters. The lowest BCUT2D eigenvalue weighted by molar-refractivity contribution is -0.118. The second kappa shape index (κ2) is 8.58. The first kappa shape index (κ1) is 17.4. The van der Waals surface area contributed by atoms with Gasteiger partial charge in [-0.2, -0.15) is 0 Å². The van der Waals surface area contributed by atoms with Gasteiger partial charge in [0, 0.05) is 29.4 Å². The molecule has 112 valence electrons. The Balaban J connectivity index is 2.34. The van der Waals surface area contributed by atoms with Gasteiger partial charge in [-0.25, -0.2) is 0 Å². The van der Waals surface area contributed by atoms with Gasteiger partial charge in [0.15, 0.2) is 0 Å². The lowest BCUT2D eigenvalue weighted by Gasteiger charge is -2.30. The number of ketones is 1. The van der Waals surface area contributed by atoms with Gasteiger partial charge in [-0.15, -0.1) is 0 Å². The highest BCUT2D eigenvalue weighted by atomic mass is 79.9. The van der Waals surface area contributed by atoms with Crippen molar-refractivity contribution in [1.82, 2.24) is 4.90 Å². The maximum Gasteiger partial charge on any atom is 0.137 e. The van der Waals surface area contributed by atoms with Crippen LogP contribution in [0.25, 0.3) is 0 Å². The van der Waals surface area contributed by atoms with E-state index in [1.807, 2.05) is 24.3 Å². The highest BCUT2D eigenvalue weighted by molar-refractivity contribution is 9.10. The number of halogens is 1. The van der Waals surface area contributed by atoms with Crippen LogP contribution in [-0.4, -0.2) is 29.3 Å². The molecule has 0 spiro atoms. The lowest BCUT2D eigenvalue weighted by atomic mass is 10.1. The van der Waals surface area contributed by atoms with Crippen molar-refractivity contribution in [3.8, 4) is 0 Å². The first-order valence-electron chi connectivity index (χ1n) is 7.42. The number of hydrogen-bond donors (Lipinski definition) is 0. The zero-order valence-electron chi connectivity index (χ0n) is 13.0. The molecule has 0 saturated carbocycles. The van der Waals surface area contributed by atoms with Gasteiger partial charge < -0.3 is 0 Å². The molecular formula is C17H26BrNO. The molecule has 0 aromatic heterocycles. The summed E-state index contributed by atoms with van der Waals surface area (Å²) < 4.78 is 1.05. The lowest BCUT2D eigenvalue weighted by Crippen LogP contribution is -2.37. The van der Waals surface area contributed by atoms with Crippen molar-refractivity contribution in [1.29, 1.82) is 0 Å². The number of benzene rings is 1. The van der Waals surface area contributed by atoms with Crippen molar-refractivity contribution in [2.75, 3.05) is 6.54 Å². The molecule has 1 aromatic carbocycles. The second-order valence-electron chi connectivity index (χ2n) is 5.87. The van der Waals surface area contributed by atoms with Crippen LogP contribution in [0.15, 0.2) is 28.7 Å². The van der Waals surface area contributed by atoms with Gasteiger partial charge in [-0.05, 0) is 58.4 Å². The highest BCUT2D eigenvalue weighted by Gasteiger charge is 2.13. The third-order valence-electron chi connectivity index (χ3n) is 3.51. The number of Topliss-reactive ketones (excluding diaryl/α,β-unsaturated/α-hetero) is 1. The second-order valence-corrected chi connectivity index (χ2v) is 6.79. The summed E-state index contributed by atoms with van der Waals surface area (Å²) in [5, 5.41) is 0. The Morgan fingerprint density at radius 3 is 2.15 bits per heavy atom. The van der Waals surface area contributed by atoms with E-state index in [0.29, 0.717) is 30.7 Å². The third-order valence-corrected chi connectivity index (χ3v) is 4.04. The van der Waals surface area contributed by atoms with Crippen LogP contribution in [0.5, 0.6) is 0 Å². The Morgan fingerprint density at radius 2 is 1.65 bits per heavy atom. The molecule has 0 N–H and O–H groups in total. The summed E-state index contributed by atoms with van der Waals surface area (Å²) in [6.45, 7) is 9.85. The van der Waals surface area contributed by atoms with Crippen molar-refractivity contribution in [3.05, 3.63) is 34.3 Å². The molecule has 0 heterocycles. The van der Waals surface area contributed by atoms with Crippen molar-refractivity contribution in [2.24, 2.45) is 0 Å². The monoisotopic (exact) mass is 339 g/mol.